The molecule has 140 valence electrons. The van der Waals surface area contributed by atoms with E-state index in [0.717, 1.165) is 68.9 Å². The van der Waals surface area contributed by atoms with Gasteiger partial charge in [0.2, 0.25) is 0 Å². The molecule has 0 bridgehead atoms. The van der Waals surface area contributed by atoms with Crippen molar-refractivity contribution in [3.63, 3.8) is 0 Å². The van der Waals surface area contributed by atoms with Crippen molar-refractivity contribution in [3.8, 4) is 6.07 Å². The van der Waals surface area contributed by atoms with Crippen LogP contribution in [0.1, 0.15) is 44.6 Å². The first-order valence-corrected chi connectivity index (χ1v) is 9.65. The van der Waals surface area contributed by atoms with Gasteiger partial charge in [0, 0.05) is 25.7 Å². The number of hydrogen-bond acceptors (Lipinski definition) is 4. The lowest BCUT2D eigenvalue weighted by Crippen LogP contribution is -2.52. The van der Waals surface area contributed by atoms with Gasteiger partial charge >= 0.3 is 0 Å². The minimum absolute atomic E-state index is 0.268. The highest BCUT2D eigenvalue weighted by molar-refractivity contribution is 5.80. The zero-order chi connectivity index (χ0) is 18.4. The van der Waals surface area contributed by atoms with Gasteiger partial charge in [0.05, 0.1) is 23.4 Å². The number of aliphatic imine (C=N–C) groups is 1. The highest BCUT2D eigenvalue weighted by Crippen LogP contribution is 2.31. The number of nitrogens with one attached hydrogen (secondary N) is 2. The first kappa shape index (κ1) is 18.5. The summed E-state index contributed by atoms with van der Waals surface area (Å²) in [7, 11) is 0. The Morgan fingerprint density at radius 3 is 2.88 bits per heavy atom. The van der Waals surface area contributed by atoms with Gasteiger partial charge < -0.3 is 20.6 Å². The Morgan fingerprint density at radius 1 is 1.38 bits per heavy atom. The van der Waals surface area contributed by atoms with Gasteiger partial charge in [-0.3, -0.25) is 4.99 Å². The van der Waals surface area contributed by atoms with E-state index in [1.807, 2.05) is 31.2 Å². The maximum absolute atomic E-state index is 10.3. The van der Waals surface area contributed by atoms with E-state index in [4.69, 9.17) is 0 Å². The maximum Gasteiger partial charge on any atom is 0.191 e. The summed E-state index contributed by atoms with van der Waals surface area (Å²) in [6.45, 7) is 5.09. The van der Waals surface area contributed by atoms with Crippen molar-refractivity contribution in [3.05, 3.63) is 29.8 Å². The van der Waals surface area contributed by atoms with Crippen LogP contribution in [-0.2, 0) is 0 Å². The second-order valence-electron chi connectivity index (χ2n) is 7.33. The van der Waals surface area contributed by atoms with Gasteiger partial charge in [-0.15, -0.1) is 0 Å². The fraction of sp³-hybridized carbons (Fsp3) is 0.600. The molecule has 3 N–H and O–H groups in total. The molecule has 1 heterocycles. The molecule has 6 nitrogen and oxygen atoms in total. The molecule has 0 aromatic heterocycles. The number of benzene rings is 1. The van der Waals surface area contributed by atoms with Crippen LogP contribution in [0, 0.1) is 11.3 Å². The largest absolute Gasteiger partial charge is 0.388 e. The standard InChI is InChI=1S/C20H29N5O/c1-2-22-19(23-15-20(26)10-6-11-20)24-17-8-5-12-25(14-17)18-9-4-3-7-16(18)13-21/h3-4,7,9,17,26H,2,5-6,8,10-12,14-15H2,1H3,(H2,22,23,24). The van der Waals surface area contributed by atoms with E-state index in [0.29, 0.717) is 6.54 Å². The molecule has 1 aromatic carbocycles. The Labute approximate surface area is 155 Å². The van der Waals surface area contributed by atoms with Crippen LogP contribution >= 0.6 is 0 Å². The van der Waals surface area contributed by atoms with E-state index in [2.05, 4.69) is 26.6 Å². The number of piperidine rings is 1. The Bertz CT molecular complexity index is 677. The van der Waals surface area contributed by atoms with Crippen molar-refractivity contribution in [2.75, 3.05) is 31.1 Å². The number of nitrogens with zero attached hydrogens (tertiary/aromatic N) is 3. The molecule has 0 radical (unpaired) electrons. The normalized spacial score (nSPS) is 22.3. The second-order valence-corrected chi connectivity index (χ2v) is 7.33. The SMILES string of the molecule is CCNC(=NCC1(O)CCC1)NC1CCCN(c2ccccc2C#N)C1. The molecule has 1 saturated carbocycles. The number of hydrogen-bond donors (Lipinski definition) is 3. The molecule has 1 aliphatic heterocycles. The zero-order valence-corrected chi connectivity index (χ0v) is 15.5. The number of anilines is 1. The molecular weight excluding hydrogens is 326 g/mol. The summed E-state index contributed by atoms with van der Waals surface area (Å²) >= 11 is 0. The summed E-state index contributed by atoms with van der Waals surface area (Å²) < 4.78 is 0. The van der Waals surface area contributed by atoms with Gasteiger partial charge in [-0.05, 0) is 51.2 Å². The number of rotatable bonds is 5. The van der Waals surface area contributed by atoms with Crippen LogP contribution in [0.25, 0.3) is 0 Å². The molecule has 0 amide bonds. The van der Waals surface area contributed by atoms with Crippen molar-refractivity contribution in [1.82, 2.24) is 10.6 Å². The first-order chi connectivity index (χ1) is 12.6. The van der Waals surface area contributed by atoms with Crippen LogP contribution in [-0.4, -0.2) is 48.9 Å². The van der Waals surface area contributed by atoms with Crippen molar-refractivity contribution in [2.24, 2.45) is 4.99 Å². The quantitative estimate of drug-likeness (QED) is 0.556. The predicted molar refractivity (Wildman–Crippen MR) is 104 cm³/mol. The highest BCUT2D eigenvalue weighted by atomic mass is 16.3. The van der Waals surface area contributed by atoms with Gasteiger partial charge in [-0.1, -0.05) is 12.1 Å². The Kier molecular flexibility index (Phi) is 6.00. The summed E-state index contributed by atoms with van der Waals surface area (Å²) in [5.41, 5.74) is 1.13. The van der Waals surface area contributed by atoms with Crippen LogP contribution < -0.4 is 15.5 Å². The summed E-state index contributed by atoms with van der Waals surface area (Å²) in [5.74, 6) is 0.772. The second kappa shape index (κ2) is 8.41. The van der Waals surface area contributed by atoms with Crippen LogP contribution in [0.5, 0.6) is 0 Å². The lowest BCUT2D eigenvalue weighted by Gasteiger charge is -2.37. The Morgan fingerprint density at radius 2 is 2.19 bits per heavy atom. The minimum Gasteiger partial charge on any atom is -0.388 e. The molecule has 3 rings (SSSR count). The molecule has 6 heteroatoms. The average Bonchev–Trinajstić information content (AvgIpc) is 2.65. The fourth-order valence-electron chi connectivity index (χ4n) is 3.64. The number of para-hydroxylation sites is 1. The monoisotopic (exact) mass is 355 g/mol. The van der Waals surface area contributed by atoms with Crippen LogP contribution in [0.3, 0.4) is 0 Å². The van der Waals surface area contributed by atoms with Crippen molar-refractivity contribution in [2.45, 2.75) is 50.7 Å². The van der Waals surface area contributed by atoms with E-state index in [1.54, 1.807) is 0 Å². The van der Waals surface area contributed by atoms with E-state index in [1.165, 1.54) is 0 Å². The fourth-order valence-corrected chi connectivity index (χ4v) is 3.64. The van der Waals surface area contributed by atoms with Gasteiger partial charge in [-0.25, -0.2) is 0 Å². The Hall–Kier alpha value is -2.26. The third-order valence-electron chi connectivity index (χ3n) is 5.29. The Balaban J connectivity index is 1.64. The molecule has 0 spiro atoms. The lowest BCUT2D eigenvalue weighted by molar-refractivity contribution is -0.0236. The summed E-state index contributed by atoms with van der Waals surface area (Å²) in [4.78, 5) is 6.89. The molecule has 1 aliphatic carbocycles. The van der Waals surface area contributed by atoms with Crippen LogP contribution in [0.15, 0.2) is 29.3 Å². The summed E-state index contributed by atoms with van der Waals surface area (Å²) in [5, 5.41) is 26.4. The smallest absolute Gasteiger partial charge is 0.191 e. The van der Waals surface area contributed by atoms with E-state index in [9.17, 15) is 10.4 Å². The minimum atomic E-state index is -0.604. The lowest BCUT2D eigenvalue weighted by atomic mass is 9.80. The molecule has 26 heavy (non-hydrogen) atoms. The van der Waals surface area contributed by atoms with Crippen LogP contribution in [0.2, 0.25) is 0 Å². The number of aliphatic hydroxyl groups is 1. The van der Waals surface area contributed by atoms with Crippen LogP contribution in [0.4, 0.5) is 5.69 Å². The summed E-state index contributed by atoms with van der Waals surface area (Å²) in [6.07, 6.45) is 4.92. The predicted octanol–water partition coefficient (Wildman–Crippen LogP) is 2.00. The first-order valence-electron chi connectivity index (χ1n) is 9.65. The van der Waals surface area contributed by atoms with Gasteiger partial charge in [-0.2, -0.15) is 5.26 Å². The topological polar surface area (TPSA) is 83.7 Å². The van der Waals surface area contributed by atoms with Gasteiger partial charge in [0.25, 0.3) is 0 Å². The summed E-state index contributed by atoms with van der Waals surface area (Å²) in [6, 6.07) is 10.3. The molecule has 1 aromatic rings. The van der Waals surface area contributed by atoms with E-state index < -0.39 is 5.60 Å². The highest BCUT2D eigenvalue weighted by Gasteiger charge is 2.34. The average molecular weight is 355 g/mol. The molecule has 1 atom stereocenters. The number of nitriles is 1. The van der Waals surface area contributed by atoms with Crippen molar-refractivity contribution >= 4 is 11.6 Å². The van der Waals surface area contributed by atoms with Crippen molar-refractivity contribution in [1.29, 1.82) is 5.26 Å². The third-order valence-corrected chi connectivity index (χ3v) is 5.29. The van der Waals surface area contributed by atoms with Gasteiger partial charge in [0.1, 0.15) is 6.07 Å². The molecule has 1 saturated heterocycles. The molecular formula is C20H29N5O. The van der Waals surface area contributed by atoms with E-state index in [-0.39, 0.29) is 6.04 Å². The number of guanidine groups is 1. The molecule has 2 fully saturated rings. The zero-order valence-electron chi connectivity index (χ0n) is 15.5. The van der Waals surface area contributed by atoms with Crippen molar-refractivity contribution < 1.29 is 5.11 Å². The molecule has 1 unspecified atom stereocenters. The maximum atomic E-state index is 10.3. The van der Waals surface area contributed by atoms with Gasteiger partial charge in [0.15, 0.2) is 5.96 Å². The van der Waals surface area contributed by atoms with E-state index >= 15 is 0 Å². The molecule has 2 aliphatic rings. The third kappa shape index (κ3) is 4.47.